The van der Waals surface area contributed by atoms with Crippen LogP contribution in [0.4, 0.5) is 17.6 Å². The molecule has 0 bridgehead atoms. The van der Waals surface area contributed by atoms with E-state index in [4.69, 9.17) is 0 Å². The van der Waals surface area contributed by atoms with E-state index in [1.165, 1.54) is 0 Å². The summed E-state index contributed by atoms with van der Waals surface area (Å²) in [7, 11) is 0. The minimum atomic E-state index is -4.69. The number of carbonyl (C=O) groups is 1. The molecule has 0 saturated carbocycles. The molecule has 0 N–H and O–H groups in total. The Balaban J connectivity index is 2.36. The SMILES string of the molecule is O=C(Cc1ccccc1)c1cc(F)ccc1C(F)(F)F. The van der Waals surface area contributed by atoms with Gasteiger partial charge in [-0.25, -0.2) is 4.39 Å². The van der Waals surface area contributed by atoms with Crippen LogP contribution in [-0.4, -0.2) is 5.78 Å². The molecule has 0 heterocycles. The third-order valence-corrected chi connectivity index (χ3v) is 2.79. The minimum absolute atomic E-state index is 0.201. The summed E-state index contributed by atoms with van der Waals surface area (Å²) in [5.41, 5.74) is -1.17. The van der Waals surface area contributed by atoms with Crippen molar-refractivity contribution in [3.05, 3.63) is 71.0 Å². The molecule has 0 atom stereocenters. The molecule has 5 heteroatoms. The van der Waals surface area contributed by atoms with Crippen molar-refractivity contribution < 1.29 is 22.4 Å². The van der Waals surface area contributed by atoms with Gasteiger partial charge < -0.3 is 0 Å². The maximum Gasteiger partial charge on any atom is 0.417 e. The van der Waals surface area contributed by atoms with Gasteiger partial charge in [-0.2, -0.15) is 13.2 Å². The highest BCUT2D eigenvalue weighted by atomic mass is 19.4. The van der Waals surface area contributed by atoms with Gasteiger partial charge in [-0.1, -0.05) is 30.3 Å². The number of rotatable bonds is 3. The lowest BCUT2D eigenvalue weighted by Gasteiger charge is -2.12. The van der Waals surface area contributed by atoms with Crippen LogP contribution in [0.2, 0.25) is 0 Å². The summed E-state index contributed by atoms with van der Waals surface area (Å²) in [6, 6.07) is 10.3. The number of alkyl halides is 3. The Hall–Kier alpha value is -2.17. The lowest BCUT2D eigenvalue weighted by molar-refractivity contribution is -0.137. The van der Waals surface area contributed by atoms with Gasteiger partial charge >= 0.3 is 6.18 Å². The van der Waals surface area contributed by atoms with Crippen LogP contribution in [0.5, 0.6) is 0 Å². The predicted octanol–water partition coefficient (Wildman–Crippen LogP) is 4.27. The number of Topliss-reactive ketones (excluding diaryl/α,β-unsaturated/α-hetero) is 1. The van der Waals surface area contributed by atoms with E-state index in [0.29, 0.717) is 23.8 Å². The fraction of sp³-hybridized carbons (Fsp3) is 0.133. The lowest BCUT2D eigenvalue weighted by atomic mass is 9.98. The van der Waals surface area contributed by atoms with Crippen molar-refractivity contribution in [3.63, 3.8) is 0 Å². The van der Waals surface area contributed by atoms with Gasteiger partial charge in [-0.05, 0) is 23.8 Å². The standard InChI is InChI=1S/C15H10F4O/c16-11-6-7-13(15(17,18)19)12(9-11)14(20)8-10-4-2-1-3-5-10/h1-7,9H,8H2. The molecule has 0 aromatic heterocycles. The largest absolute Gasteiger partial charge is 0.417 e. The molecule has 104 valence electrons. The second-order valence-corrected chi connectivity index (χ2v) is 4.27. The molecule has 0 aliphatic rings. The number of benzene rings is 2. The van der Waals surface area contributed by atoms with E-state index in [2.05, 4.69) is 0 Å². The number of halogens is 4. The third-order valence-electron chi connectivity index (χ3n) is 2.79. The Bertz CT molecular complexity index is 618. The normalized spacial score (nSPS) is 11.4. The molecular formula is C15H10F4O. The molecule has 20 heavy (non-hydrogen) atoms. The van der Waals surface area contributed by atoms with Gasteiger partial charge in [-0.3, -0.25) is 4.79 Å². The van der Waals surface area contributed by atoms with Gasteiger partial charge in [0, 0.05) is 12.0 Å². The van der Waals surface area contributed by atoms with Gasteiger partial charge in [0.25, 0.3) is 0 Å². The van der Waals surface area contributed by atoms with Crippen LogP contribution in [0.15, 0.2) is 48.5 Å². The van der Waals surface area contributed by atoms with E-state index in [-0.39, 0.29) is 6.42 Å². The first-order chi connectivity index (χ1) is 9.38. The Labute approximate surface area is 112 Å². The van der Waals surface area contributed by atoms with Crippen molar-refractivity contribution in [2.75, 3.05) is 0 Å². The second-order valence-electron chi connectivity index (χ2n) is 4.27. The summed E-state index contributed by atoms with van der Waals surface area (Å²) >= 11 is 0. The van der Waals surface area contributed by atoms with Crippen LogP contribution < -0.4 is 0 Å². The molecule has 0 saturated heterocycles. The summed E-state index contributed by atoms with van der Waals surface area (Å²) in [4.78, 5) is 12.0. The Morgan fingerprint density at radius 2 is 1.65 bits per heavy atom. The summed E-state index contributed by atoms with van der Waals surface area (Å²) in [6.07, 6.45) is -4.89. The monoisotopic (exact) mass is 282 g/mol. The van der Waals surface area contributed by atoms with E-state index < -0.39 is 28.9 Å². The molecule has 2 aromatic carbocycles. The van der Waals surface area contributed by atoms with Crippen LogP contribution in [0, 0.1) is 5.82 Å². The number of carbonyl (C=O) groups excluding carboxylic acids is 1. The maximum absolute atomic E-state index is 13.1. The average molecular weight is 282 g/mol. The van der Waals surface area contributed by atoms with Gasteiger partial charge in [0.05, 0.1) is 5.56 Å². The molecule has 0 amide bonds. The number of hydrogen-bond donors (Lipinski definition) is 0. The molecule has 0 radical (unpaired) electrons. The van der Waals surface area contributed by atoms with Crippen LogP contribution in [-0.2, 0) is 12.6 Å². The third kappa shape index (κ3) is 3.23. The van der Waals surface area contributed by atoms with Gasteiger partial charge in [0.2, 0.25) is 0 Å². The molecule has 2 rings (SSSR count). The first-order valence-corrected chi connectivity index (χ1v) is 5.82. The van der Waals surface area contributed by atoms with E-state index in [9.17, 15) is 22.4 Å². The van der Waals surface area contributed by atoms with Crippen LogP contribution in [0.3, 0.4) is 0 Å². The first-order valence-electron chi connectivity index (χ1n) is 5.82. The summed E-state index contributed by atoms with van der Waals surface area (Å²) in [5.74, 6) is -1.63. The van der Waals surface area contributed by atoms with Crippen molar-refractivity contribution in [1.82, 2.24) is 0 Å². The molecule has 1 nitrogen and oxygen atoms in total. The molecule has 0 unspecified atom stereocenters. The highest BCUT2D eigenvalue weighted by Crippen LogP contribution is 2.32. The lowest BCUT2D eigenvalue weighted by Crippen LogP contribution is -2.15. The molecule has 0 spiro atoms. The molecular weight excluding hydrogens is 272 g/mol. The van der Waals surface area contributed by atoms with Crippen molar-refractivity contribution in [2.24, 2.45) is 0 Å². The van der Waals surface area contributed by atoms with Gasteiger partial charge in [0.15, 0.2) is 5.78 Å². The van der Waals surface area contributed by atoms with Crippen molar-refractivity contribution in [2.45, 2.75) is 12.6 Å². The Morgan fingerprint density at radius 1 is 1.00 bits per heavy atom. The van der Waals surface area contributed by atoms with Crippen LogP contribution in [0.25, 0.3) is 0 Å². The zero-order valence-corrected chi connectivity index (χ0v) is 10.2. The van der Waals surface area contributed by atoms with E-state index >= 15 is 0 Å². The van der Waals surface area contributed by atoms with E-state index in [0.717, 1.165) is 0 Å². The molecule has 0 aliphatic heterocycles. The van der Waals surface area contributed by atoms with Crippen molar-refractivity contribution in [3.8, 4) is 0 Å². The number of ketones is 1. The van der Waals surface area contributed by atoms with E-state index in [1.807, 2.05) is 0 Å². The highest BCUT2D eigenvalue weighted by molar-refractivity contribution is 5.99. The molecule has 2 aromatic rings. The average Bonchev–Trinajstić information content (AvgIpc) is 2.38. The van der Waals surface area contributed by atoms with Gasteiger partial charge in [-0.15, -0.1) is 0 Å². The topological polar surface area (TPSA) is 17.1 Å². The quantitative estimate of drug-likeness (QED) is 0.607. The zero-order valence-electron chi connectivity index (χ0n) is 10.2. The minimum Gasteiger partial charge on any atom is -0.294 e. The van der Waals surface area contributed by atoms with Crippen LogP contribution in [0.1, 0.15) is 21.5 Å². The van der Waals surface area contributed by atoms with Crippen molar-refractivity contribution >= 4 is 5.78 Å². The smallest absolute Gasteiger partial charge is 0.294 e. The summed E-state index contributed by atoms with van der Waals surface area (Å²) in [5, 5.41) is 0. The zero-order chi connectivity index (χ0) is 14.8. The highest BCUT2D eigenvalue weighted by Gasteiger charge is 2.35. The maximum atomic E-state index is 13.1. The first kappa shape index (κ1) is 14.2. The van der Waals surface area contributed by atoms with Gasteiger partial charge in [0.1, 0.15) is 5.82 Å². The molecule has 0 aliphatic carbocycles. The summed E-state index contributed by atoms with van der Waals surface area (Å²) < 4.78 is 51.5. The van der Waals surface area contributed by atoms with Crippen molar-refractivity contribution in [1.29, 1.82) is 0 Å². The fourth-order valence-electron chi connectivity index (χ4n) is 1.87. The number of hydrogen-bond acceptors (Lipinski definition) is 1. The second kappa shape index (κ2) is 5.45. The van der Waals surface area contributed by atoms with Crippen LogP contribution >= 0.6 is 0 Å². The Kier molecular flexibility index (Phi) is 3.88. The van der Waals surface area contributed by atoms with E-state index in [1.54, 1.807) is 30.3 Å². The molecule has 0 fully saturated rings. The Morgan fingerprint density at radius 3 is 2.25 bits per heavy atom. The summed E-state index contributed by atoms with van der Waals surface area (Å²) in [6.45, 7) is 0. The fourth-order valence-corrected chi connectivity index (χ4v) is 1.87. The predicted molar refractivity (Wildman–Crippen MR) is 65.9 cm³/mol.